The highest BCUT2D eigenvalue weighted by atomic mass is 16.5. The number of ketones is 1. The number of hydrogen-bond donors (Lipinski definition) is 2. The molecule has 9 nitrogen and oxygen atoms in total. The average Bonchev–Trinajstić information content (AvgIpc) is 3.55. The van der Waals surface area contributed by atoms with Gasteiger partial charge in [-0.2, -0.15) is 0 Å². The lowest BCUT2D eigenvalue weighted by Gasteiger charge is -2.20. The van der Waals surface area contributed by atoms with Crippen molar-refractivity contribution < 1.29 is 43.7 Å². The summed E-state index contributed by atoms with van der Waals surface area (Å²) in [6.45, 7) is 13.9. The molecule has 0 aromatic carbocycles. The molecule has 4 unspecified atom stereocenters. The van der Waals surface area contributed by atoms with Crippen molar-refractivity contribution in [2.75, 3.05) is 0 Å². The maximum atomic E-state index is 12.0. The van der Waals surface area contributed by atoms with Crippen LogP contribution < -0.4 is 0 Å². The minimum Gasteiger partial charge on any atom is -0.481 e. The topological polar surface area (TPSA) is 144 Å². The first-order chi connectivity index (χ1) is 28.9. The van der Waals surface area contributed by atoms with Crippen LogP contribution in [0.4, 0.5) is 0 Å². The quantitative estimate of drug-likeness (QED) is 0.0270. The van der Waals surface area contributed by atoms with Gasteiger partial charge in [0.2, 0.25) is 0 Å². The summed E-state index contributed by atoms with van der Waals surface area (Å²) in [5.41, 5.74) is 0. The second kappa shape index (κ2) is 38.4. The summed E-state index contributed by atoms with van der Waals surface area (Å²) >= 11 is 0. The molecule has 1 rings (SSSR count). The minimum atomic E-state index is -1.06. The number of carbonyl (C=O) groups is 5. The second-order valence-corrected chi connectivity index (χ2v) is 16.8. The van der Waals surface area contributed by atoms with E-state index in [-0.39, 0.29) is 42.2 Å². The lowest BCUT2D eigenvalue weighted by Crippen LogP contribution is -2.25. The zero-order valence-electron chi connectivity index (χ0n) is 38.6. The van der Waals surface area contributed by atoms with Crippen LogP contribution in [0.5, 0.6) is 0 Å². The molecule has 0 radical (unpaired) electrons. The summed E-state index contributed by atoms with van der Waals surface area (Å²) in [6.07, 6.45) is 39.3. The van der Waals surface area contributed by atoms with Gasteiger partial charge in [0, 0.05) is 19.3 Å². The molecule has 4 atom stereocenters. The maximum Gasteiger partial charge on any atom is 0.315 e. The van der Waals surface area contributed by atoms with Gasteiger partial charge < -0.3 is 24.5 Å². The van der Waals surface area contributed by atoms with Crippen molar-refractivity contribution in [2.45, 2.75) is 221 Å². The zero-order chi connectivity index (χ0) is 44.8. The molecule has 1 aliphatic heterocycles. The van der Waals surface area contributed by atoms with E-state index in [2.05, 4.69) is 44.7 Å². The van der Waals surface area contributed by atoms with Gasteiger partial charge in [0.15, 0.2) is 0 Å². The van der Waals surface area contributed by atoms with E-state index >= 15 is 0 Å². The average molecular weight is 843 g/mol. The molecule has 0 amide bonds. The third kappa shape index (κ3) is 31.4. The van der Waals surface area contributed by atoms with Crippen LogP contribution >= 0.6 is 0 Å². The molecule has 0 aromatic rings. The lowest BCUT2D eigenvalue weighted by molar-refractivity contribution is -0.149. The summed E-state index contributed by atoms with van der Waals surface area (Å²) in [6, 6.07) is 0. The molecule has 0 bridgehead atoms. The number of aliphatic carboxylic acids is 2. The molecule has 344 valence electrons. The summed E-state index contributed by atoms with van der Waals surface area (Å²) in [5, 5.41) is 18.7. The zero-order valence-corrected chi connectivity index (χ0v) is 38.6. The van der Waals surface area contributed by atoms with Crippen molar-refractivity contribution in [1.82, 2.24) is 0 Å². The van der Waals surface area contributed by atoms with Gasteiger partial charge in [0.25, 0.3) is 0 Å². The van der Waals surface area contributed by atoms with Crippen molar-refractivity contribution in [3.05, 3.63) is 48.8 Å². The number of carboxylic acids is 2. The second-order valence-electron chi connectivity index (χ2n) is 16.8. The molecular formula is C51H86O9. The summed E-state index contributed by atoms with van der Waals surface area (Å²) in [7, 11) is 0. The van der Waals surface area contributed by atoms with Gasteiger partial charge in [-0.25, -0.2) is 0 Å². The van der Waals surface area contributed by atoms with Gasteiger partial charge in [0.1, 0.15) is 17.6 Å². The van der Waals surface area contributed by atoms with Crippen LogP contribution in [0.15, 0.2) is 48.8 Å². The summed E-state index contributed by atoms with van der Waals surface area (Å²) < 4.78 is 10.6. The number of esters is 2. The first kappa shape index (κ1) is 56.5. The molecule has 0 saturated carbocycles. The smallest absolute Gasteiger partial charge is 0.315 e. The van der Waals surface area contributed by atoms with Gasteiger partial charge >= 0.3 is 23.9 Å². The highest BCUT2D eigenvalue weighted by Crippen LogP contribution is 2.33. The molecule has 1 fully saturated rings. The van der Waals surface area contributed by atoms with Gasteiger partial charge in [-0.3, -0.25) is 19.2 Å². The van der Waals surface area contributed by atoms with Crippen molar-refractivity contribution in [1.29, 1.82) is 0 Å². The van der Waals surface area contributed by atoms with Crippen LogP contribution in [-0.4, -0.2) is 46.0 Å². The predicted molar refractivity (Wildman–Crippen MR) is 244 cm³/mol. The fourth-order valence-corrected chi connectivity index (χ4v) is 7.58. The van der Waals surface area contributed by atoms with Crippen LogP contribution in [-0.2, 0) is 33.4 Å². The van der Waals surface area contributed by atoms with Crippen molar-refractivity contribution in [3.8, 4) is 0 Å². The van der Waals surface area contributed by atoms with Crippen LogP contribution in [0.3, 0.4) is 0 Å². The number of carboxylic acid groups (broad SMARTS) is 2. The summed E-state index contributed by atoms with van der Waals surface area (Å²) in [5.74, 6) is -2.35. The molecule has 60 heavy (non-hydrogen) atoms. The molecule has 0 aromatic heterocycles. The SMILES string of the molecule is C=C1CC(C(/C=C/C=C\CCCCCCCC(C)=O)CCCCC)C(=O)O1.CCCCCCCCC(/C=C/CCCCCCC(=O)OC(CC)CC)C(CC(=O)O)C(=O)O. The molecule has 2 N–H and O–H groups in total. The van der Waals surface area contributed by atoms with Gasteiger partial charge in [-0.05, 0) is 83.0 Å². The van der Waals surface area contributed by atoms with Crippen molar-refractivity contribution in [3.63, 3.8) is 0 Å². The van der Waals surface area contributed by atoms with Gasteiger partial charge in [0.05, 0.1) is 18.3 Å². The maximum absolute atomic E-state index is 12.0. The number of allylic oxidation sites excluding steroid dienone is 7. The van der Waals surface area contributed by atoms with E-state index in [9.17, 15) is 29.1 Å². The van der Waals surface area contributed by atoms with Gasteiger partial charge in [-0.15, -0.1) is 0 Å². The van der Waals surface area contributed by atoms with E-state index in [1.807, 2.05) is 26.0 Å². The number of ether oxygens (including phenoxy) is 2. The first-order valence-electron chi connectivity index (χ1n) is 23.9. The Balaban J connectivity index is 0.00000118. The molecule has 0 aliphatic carbocycles. The number of carbonyl (C=O) groups excluding carboxylic acids is 3. The molecule has 1 saturated heterocycles. The largest absolute Gasteiger partial charge is 0.481 e. The number of hydrogen-bond acceptors (Lipinski definition) is 7. The molecular weight excluding hydrogens is 757 g/mol. The Morgan fingerprint density at radius 2 is 1.27 bits per heavy atom. The molecule has 9 heteroatoms. The Morgan fingerprint density at radius 1 is 0.717 bits per heavy atom. The third-order valence-electron chi connectivity index (χ3n) is 11.4. The number of unbranched alkanes of at least 4 members (excludes halogenated alkanes) is 16. The molecule has 1 heterocycles. The first-order valence-corrected chi connectivity index (χ1v) is 23.9. The van der Waals surface area contributed by atoms with E-state index < -0.39 is 17.9 Å². The minimum absolute atomic E-state index is 0.0303. The van der Waals surface area contributed by atoms with Crippen LogP contribution in [0, 0.1) is 23.7 Å². The van der Waals surface area contributed by atoms with Crippen molar-refractivity contribution in [2.24, 2.45) is 23.7 Å². The lowest BCUT2D eigenvalue weighted by atomic mass is 9.84. The van der Waals surface area contributed by atoms with Crippen LogP contribution in [0.2, 0.25) is 0 Å². The Bertz CT molecular complexity index is 1260. The monoisotopic (exact) mass is 843 g/mol. The van der Waals surface area contributed by atoms with Crippen LogP contribution in [0.25, 0.3) is 0 Å². The predicted octanol–water partition coefficient (Wildman–Crippen LogP) is 13.8. The third-order valence-corrected chi connectivity index (χ3v) is 11.4. The van der Waals surface area contributed by atoms with Crippen molar-refractivity contribution >= 4 is 29.7 Å². The van der Waals surface area contributed by atoms with Crippen LogP contribution in [0.1, 0.15) is 214 Å². The normalized spacial score (nSPS) is 15.7. The van der Waals surface area contributed by atoms with E-state index in [1.165, 1.54) is 51.4 Å². The number of rotatable bonds is 37. The van der Waals surface area contributed by atoms with E-state index in [0.717, 1.165) is 103 Å². The van der Waals surface area contributed by atoms with E-state index in [1.54, 1.807) is 6.92 Å². The highest BCUT2D eigenvalue weighted by Gasteiger charge is 2.34. The van der Waals surface area contributed by atoms with E-state index in [4.69, 9.17) is 14.6 Å². The molecule has 0 spiro atoms. The Labute approximate surface area is 365 Å². The molecule has 1 aliphatic rings. The summed E-state index contributed by atoms with van der Waals surface area (Å²) in [4.78, 5) is 57.6. The Morgan fingerprint density at radius 3 is 1.83 bits per heavy atom. The van der Waals surface area contributed by atoms with E-state index in [0.29, 0.717) is 30.8 Å². The number of Topliss-reactive ketones (excluding diaryl/α,β-unsaturated/α-hetero) is 1. The standard InChI is InChI=1S/C27H48O6.C24H38O3/c1-4-7-8-9-12-15-18-22(24(27(31)32)21-25(28)29)19-16-13-10-11-14-17-20-26(30)33-23(5-2)6-3;1-4-5-13-17-22(23-19-21(3)27-24(23)26)18-15-12-10-8-6-7-9-11-14-16-20(2)25/h16,19,22-24H,4-15,17-18,20-21H2,1-3H3,(H,28,29)(H,31,32);10,12,15,18,22-23H,3-9,11,13-14,16-17,19H2,1-2H3/b19-16+;12-10-,18-15+. The van der Waals surface area contributed by atoms with Gasteiger partial charge in [-0.1, -0.05) is 161 Å². The Kier molecular flexibility index (Phi) is 36.2. The fourth-order valence-electron chi connectivity index (χ4n) is 7.58. The fraction of sp³-hybridized carbons (Fsp3) is 0.745. The number of cyclic esters (lactones) is 1. The highest BCUT2D eigenvalue weighted by molar-refractivity contribution is 5.78. The Hall–Kier alpha value is -3.49.